The van der Waals surface area contributed by atoms with Gasteiger partial charge in [-0.05, 0) is 85.6 Å². The van der Waals surface area contributed by atoms with E-state index in [1.807, 2.05) is 30.6 Å². The van der Waals surface area contributed by atoms with Gasteiger partial charge in [-0.1, -0.05) is 97.1 Å². The van der Waals surface area contributed by atoms with Crippen molar-refractivity contribution < 1.29 is 0 Å². The van der Waals surface area contributed by atoms with Crippen molar-refractivity contribution in [1.29, 1.82) is 0 Å². The Balaban J connectivity index is 1.32. The lowest BCUT2D eigenvalue weighted by molar-refractivity contribution is 1.17. The van der Waals surface area contributed by atoms with Crippen molar-refractivity contribution in [2.45, 2.75) is 0 Å². The van der Waals surface area contributed by atoms with Gasteiger partial charge in [-0.2, -0.15) is 0 Å². The summed E-state index contributed by atoms with van der Waals surface area (Å²) in [4.78, 5) is 19.5. The first kappa shape index (κ1) is 26.2. The minimum absolute atomic E-state index is 0.632. The van der Waals surface area contributed by atoms with Crippen molar-refractivity contribution >= 4 is 43.1 Å². The van der Waals surface area contributed by atoms with E-state index in [-0.39, 0.29) is 0 Å². The number of hydrogen-bond donors (Lipinski definition) is 0. The van der Waals surface area contributed by atoms with E-state index in [0.717, 1.165) is 50.1 Å². The summed E-state index contributed by atoms with van der Waals surface area (Å²) >= 11 is 0. The van der Waals surface area contributed by atoms with Gasteiger partial charge in [0.15, 0.2) is 5.82 Å². The zero-order valence-corrected chi connectivity index (χ0v) is 24.8. The van der Waals surface area contributed by atoms with Crippen LogP contribution in [0.1, 0.15) is 0 Å². The van der Waals surface area contributed by atoms with Crippen molar-refractivity contribution in [2.75, 3.05) is 0 Å². The van der Waals surface area contributed by atoms with Crippen LogP contribution in [0.2, 0.25) is 0 Å². The summed E-state index contributed by atoms with van der Waals surface area (Å²) in [5.41, 5.74) is 6.56. The van der Waals surface area contributed by atoms with E-state index in [4.69, 9.17) is 15.0 Å². The number of rotatable bonds is 4. The van der Waals surface area contributed by atoms with Gasteiger partial charge in [0.05, 0.1) is 17.1 Å². The Morgan fingerprint density at radius 2 is 0.913 bits per heavy atom. The second-order valence-corrected chi connectivity index (χ2v) is 11.5. The van der Waals surface area contributed by atoms with E-state index in [0.29, 0.717) is 5.82 Å². The molecule has 0 aliphatic carbocycles. The third-order valence-corrected chi connectivity index (χ3v) is 8.79. The minimum Gasteiger partial charge on any atom is -0.264 e. The summed E-state index contributed by atoms with van der Waals surface area (Å²) in [5, 5.41) is 9.54. The molecule has 0 unspecified atom stereocenters. The Morgan fingerprint density at radius 3 is 1.43 bits per heavy atom. The summed E-state index contributed by atoms with van der Waals surface area (Å²) in [5.74, 6) is 0.632. The largest absolute Gasteiger partial charge is 0.264 e. The van der Waals surface area contributed by atoms with Crippen LogP contribution in [0, 0.1) is 0 Å². The molecule has 0 amide bonds. The van der Waals surface area contributed by atoms with Gasteiger partial charge in [-0.15, -0.1) is 0 Å². The molecular formula is C42H26N4. The van der Waals surface area contributed by atoms with Gasteiger partial charge in [-0.3, -0.25) is 9.97 Å². The molecule has 9 rings (SSSR count). The third-order valence-electron chi connectivity index (χ3n) is 8.79. The fourth-order valence-electron chi connectivity index (χ4n) is 6.60. The predicted octanol–water partition coefficient (Wildman–Crippen LogP) is 10.5. The molecular weight excluding hydrogens is 560 g/mol. The molecule has 3 aromatic heterocycles. The lowest BCUT2D eigenvalue weighted by Crippen LogP contribution is -1.98. The highest BCUT2D eigenvalue weighted by atomic mass is 14.9. The van der Waals surface area contributed by atoms with Gasteiger partial charge < -0.3 is 0 Å². The van der Waals surface area contributed by atoms with Crippen LogP contribution in [-0.4, -0.2) is 19.9 Å². The maximum atomic E-state index is 5.24. The molecule has 0 atom stereocenters. The van der Waals surface area contributed by atoms with Crippen LogP contribution in [0.4, 0.5) is 0 Å². The average molecular weight is 587 g/mol. The highest BCUT2D eigenvalue weighted by Crippen LogP contribution is 2.39. The molecule has 0 saturated heterocycles. The fourth-order valence-corrected chi connectivity index (χ4v) is 6.60. The molecule has 0 N–H and O–H groups in total. The first-order valence-electron chi connectivity index (χ1n) is 15.4. The van der Waals surface area contributed by atoms with E-state index in [2.05, 4.69) is 126 Å². The molecule has 0 bridgehead atoms. The fraction of sp³-hybridized carbons (Fsp3) is 0. The molecule has 0 aliphatic heterocycles. The Bertz CT molecular complexity index is 2440. The maximum Gasteiger partial charge on any atom is 0.161 e. The summed E-state index contributed by atoms with van der Waals surface area (Å²) in [6.07, 6.45) is 5.46. The number of benzene rings is 6. The number of pyridine rings is 2. The summed E-state index contributed by atoms with van der Waals surface area (Å²) in [7, 11) is 0. The van der Waals surface area contributed by atoms with Crippen LogP contribution in [0.3, 0.4) is 0 Å². The van der Waals surface area contributed by atoms with E-state index >= 15 is 0 Å². The Labute approximate surface area is 265 Å². The first-order chi connectivity index (χ1) is 22.8. The quantitative estimate of drug-likeness (QED) is 0.193. The summed E-state index contributed by atoms with van der Waals surface area (Å²) in [6.45, 7) is 0. The second kappa shape index (κ2) is 10.7. The van der Waals surface area contributed by atoms with Gasteiger partial charge in [0, 0.05) is 40.8 Å². The highest BCUT2D eigenvalue weighted by Gasteiger charge is 2.17. The molecule has 6 aromatic carbocycles. The Hall–Kier alpha value is -6.26. The van der Waals surface area contributed by atoms with Gasteiger partial charge in [-0.25, -0.2) is 9.97 Å². The molecule has 3 heterocycles. The van der Waals surface area contributed by atoms with Crippen molar-refractivity contribution in [2.24, 2.45) is 0 Å². The normalized spacial score (nSPS) is 11.5. The summed E-state index contributed by atoms with van der Waals surface area (Å²) in [6, 6.07) is 48.9. The molecule has 4 nitrogen and oxygen atoms in total. The lowest BCUT2D eigenvalue weighted by atomic mass is 9.93. The SMILES string of the molecule is c1cncc(-c2ccc(-c3nc(-c4cc5ccccc5c5ccccc45)cc(-c4cc5ccccc5c5ccccc45)n3)cn2)c1. The molecule has 0 aliphatic rings. The van der Waals surface area contributed by atoms with Gasteiger partial charge in [0.2, 0.25) is 0 Å². The zero-order valence-electron chi connectivity index (χ0n) is 24.8. The number of nitrogens with zero attached hydrogens (tertiary/aromatic N) is 4. The zero-order chi connectivity index (χ0) is 30.5. The molecule has 4 heteroatoms. The molecule has 0 saturated carbocycles. The number of hydrogen-bond acceptors (Lipinski definition) is 4. The van der Waals surface area contributed by atoms with E-state index in [9.17, 15) is 0 Å². The molecule has 0 spiro atoms. The topological polar surface area (TPSA) is 51.6 Å². The van der Waals surface area contributed by atoms with Gasteiger partial charge in [0.1, 0.15) is 0 Å². The van der Waals surface area contributed by atoms with E-state index in [1.54, 1.807) is 6.20 Å². The molecule has 214 valence electrons. The van der Waals surface area contributed by atoms with Crippen LogP contribution in [-0.2, 0) is 0 Å². The molecule has 0 radical (unpaired) electrons. The smallest absolute Gasteiger partial charge is 0.161 e. The standard InChI is InChI=1S/C42H26N4/c1-3-13-31-27(10-1)22-37(35-17-7-5-15-33(31)35)40-24-41(38-23-28-11-2-4-14-32(28)34-16-6-8-18-36(34)38)46-42(45-40)30-19-20-39(44-26-30)29-12-9-21-43-25-29/h1-26H. The van der Waals surface area contributed by atoms with Crippen LogP contribution in [0.25, 0.3) is 88.2 Å². The average Bonchev–Trinajstić information content (AvgIpc) is 3.14. The number of aromatic nitrogens is 4. The third kappa shape index (κ3) is 4.39. The maximum absolute atomic E-state index is 5.24. The monoisotopic (exact) mass is 586 g/mol. The Morgan fingerprint density at radius 1 is 0.370 bits per heavy atom. The van der Waals surface area contributed by atoms with E-state index < -0.39 is 0 Å². The molecule has 9 aromatic rings. The van der Waals surface area contributed by atoms with Crippen molar-refractivity contribution in [3.8, 4) is 45.2 Å². The van der Waals surface area contributed by atoms with Gasteiger partial charge in [0.25, 0.3) is 0 Å². The second-order valence-electron chi connectivity index (χ2n) is 11.5. The van der Waals surface area contributed by atoms with Crippen LogP contribution in [0.5, 0.6) is 0 Å². The first-order valence-corrected chi connectivity index (χ1v) is 15.4. The Kier molecular flexibility index (Phi) is 6.10. The van der Waals surface area contributed by atoms with Crippen LogP contribution >= 0.6 is 0 Å². The van der Waals surface area contributed by atoms with Gasteiger partial charge >= 0.3 is 0 Å². The highest BCUT2D eigenvalue weighted by molar-refractivity contribution is 6.15. The van der Waals surface area contributed by atoms with Crippen molar-refractivity contribution in [3.63, 3.8) is 0 Å². The minimum atomic E-state index is 0.632. The van der Waals surface area contributed by atoms with Crippen LogP contribution < -0.4 is 0 Å². The lowest BCUT2D eigenvalue weighted by Gasteiger charge is -2.15. The van der Waals surface area contributed by atoms with Crippen molar-refractivity contribution in [3.05, 3.63) is 158 Å². The summed E-state index contributed by atoms with van der Waals surface area (Å²) < 4.78 is 0. The molecule has 0 fully saturated rings. The van der Waals surface area contributed by atoms with Crippen molar-refractivity contribution in [1.82, 2.24) is 19.9 Å². The predicted molar refractivity (Wildman–Crippen MR) is 189 cm³/mol. The molecule has 46 heavy (non-hydrogen) atoms. The van der Waals surface area contributed by atoms with Crippen LogP contribution in [0.15, 0.2) is 158 Å². The van der Waals surface area contributed by atoms with E-state index in [1.165, 1.54) is 32.3 Å². The number of fused-ring (bicyclic) bond motifs is 6.